The van der Waals surface area contributed by atoms with Gasteiger partial charge in [0.05, 0.1) is 5.69 Å². The highest BCUT2D eigenvalue weighted by Crippen LogP contribution is 2.72. The van der Waals surface area contributed by atoms with Gasteiger partial charge in [0, 0.05) is 33.2 Å². The number of benzene rings is 6. The zero-order valence-corrected chi connectivity index (χ0v) is 35.3. The molecular weight excluding hydrogens is 723 g/mol. The normalized spacial score (nSPS) is 34.1. The fourth-order valence-corrected chi connectivity index (χ4v) is 17.9. The first-order valence-corrected chi connectivity index (χ1v) is 23.9. The van der Waals surface area contributed by atoms with Crippen LogP contribution in [0.4, 0.5) is 17.1 Å². The van der Waals surface area contributed by atoms with Gasteiger partial charge in [0.25, 0.3) is 0 Å². The standard InChI is InChI=1S/C59H55N/c1-57(2)49-13-6-3-10-44(49)46-20-18-43(33-54(46)57)60(42-19-21-52-48(32-42)45-11-4-7-14-50(45)58(52)38-24-34-22-35(26-38)27-39(58)25-34)55-17-9-16-53-56(55)47-12-5-8-15-51(47)59(53)40-28-36-23-37(30-40)31-41(59)29-36/h3-21,32-41H,22-31H2,1-2H3. The van der Waals surface area contributed by atoms with Gasteiger partial charge in [-0.05, 0) is 203 Å². The minimum atomic E-state index is -0.0774. The lowest BCUT2D eigenvalue weighted by atomic mass is 9.43. The maximum atomic E-state index is 2.72. The highest BCUT2D eigenvalue weighted by molar-refractivity contribution is 5.97. The Kier molecular flexibility index (Phi) is 6.38. The van der Waals surface area contributed by atoms with Crippen molar-refractivity contribution in [2.75, 3.05) is 4.90 Å². The minimum absolute atomic E-state index is 0.0774. The van der Waals surface area contributed by atoms with E-state index >= 15 is 0 Å². The molecule has 0 aromatic heterocycles. The maximum Gasteiger partial charge on any atom is 0.0543 e. The summed E-state index contributed by atoms with van der Waals surface area (Å²) in [6, 6.07) is 51.4. The topological polar surface area (TPSA) is 3.24 Å². The third kappa shape index (κ3) is 3.91. The average Bonchev–Trinajstić information content (AvgIpc) is 3.81. The molecule has 0 atom stereocenters. The Morgan fingerprint density at radius 1 is 0.367 bits per heavy atom. The summed E-state index contributed by atoms with van der Waals surface area (Å²) in [6.45, 7) is 4.88. The van der Waals surface area contributed by atoms with Crippen LogP contribution in [0.5, 0.6) is 0 Å². The summed E-state index contributed by atoms with van der Waals surface area (Å²) in [6.07, 6.45) is 14.3. The second kappa shape index (κ2) is 11.3. The molecule has 60 heavy (non-hydrogen) atoms. The van der Waals surface area contributed by atoms with E-state index in [1.165, 1.54) is 126 Å². The summed E-state index contributed by atoms with van der Waals surface area (Å²) in [4.78, 5) is 2.72. The molecule has 11 aliphatic carbocycles. The molecule has 11 aliphatic rings. The van der Waals surface area contributed by atoms with Crippen molar-refractivity contribution < 1.29 is 0 Å². The van der Waals surface area contributed by atoms with Crippen LogP contribution in [0.1, 0.15) is 111 Å². The van der Waals surface area contributed by atoms with Crippen LogP contribution in [0.2, 0.25) is 0 Å². The monoisotopic (exact) mass is 777 g/mol. The van der Waals surface area contributed by atoms with E-state index in [-0.39, 0.29) is 16.2 Å². The number of hydrogen-bond acceptors (Lipinski definition) is 1. The van der Waals surface area contributed by atoms with Crippen molar-refractivity contribution in [3.05, 3.63) is 161 Å². The predicted octanol–water partition coefficient (Wildman–Crippen LogP) is 14.9. The molecule has 6 aromatic carbocycles. The highest BCUT2D eigenvalue weighted by Gasteiger charge is 2.63. The quantitative estimate of drug-likeness (QED) is 0.173. The highest BCUT2D eigenvalue weighted by atomic mass is 15.1. The van der Waals surface area contributed by atoms with Crippen molar-refractivity contribution in [3.8, 4) is 33.4 Å². The first kappa shape index (κ1) is 33.8. The van der Waals surface area contributed by atoms with Gasteiger partial charge in [-0.25, -0.2) is 0 Å². The van der Waals surface area contributed by atoms with E-state index in [9.17, 15) is 0 Å². The molecule has 1 heteroatoms. The molecule has 0 N–H and O–H groups in total. The molecule has 1 nitrogen and oxygen atoms in total. The van der Waals surface area contributed by atoms with Crippen LogP contribution in [0, 0.1) is 47.3 Å². The van der Waals surface area contributed by atoms with E-state index in [0.717, 1.165) is 47.3 Å². The molecule has 8 fully saturated rings. The summed E-state index contributed by atoms with van der Waals surface area (Å²) >= 11 is 0. The van der Waals surface area contributed by atoms with Gasteiger partial charge in [0.2, 0.25) is 0 Å². The fraction of sp³-hybridized carbons (Fsp3) is 0.390. The summed E-state index contributed by atoms with van der Waals surface area (Å²) in [5.74, 6) is 6.77. The van der Waals surface area contributed by atoms with E-state index in [1.54, 1.807) is 22.3 Å². The van der Waals surface area contributed by atoms with Crippen LogP contribution in [-0.4, -0.2) is 0 Å². The van der Waals surface area contributed by atoms with Gasteiger partial charge in [0.15, 0.2) is 0 Å². The molecule has 6 aromatic rings. The number of nitrogens with zero attached hydrogens (tertiary/aromatic N) is 1. The Labute approximate surface area is 356 Å². The molecule has 0 amide bonds. The molecular formula is C59H55N. The minimum Gasteiger partial charge on any atom is -0.310 e. The van der Waals surface area contributed by atoms with Gasteiger partial charge in [-0.3, -0.25) is 0 Å². The molecule has 0 unspecified atom stereocenters. The first-order chi connectivity index (χ1) is 29.4. The summed E-state index contributed by atoms with van der Waals surface area (Å²) in [5, 5.41) is 0. The molecule has 2 spiro atoms. The van der Waals surface area contributed by atoms with Gasteiger partial charge in [-0.15, -0.1) is 0 Å². The molecule has 17 rings (SSSR count). The molecule has 0 heterocycles. The Hall–Kier alpha value is -4.88. The SMILES string of the molecule is CC1(C)c2ccccc2-c2ccc(N(c3ccc4c(c3)-c3ccccc3C43C4CC5CC(C4)CC3C5)c3cccc4c3-c3ccccc3C43C4CC5CC(C4)CC3C5)cc21. The van der Waals surface area contributed by atoms with Crippen LogP contribution >= 0.6 is 0 Å². The molecule has 296 valence electrons. The van der Waals surface area contributed by atoms with Crippen molar-refractivity contribution in [2.24, 2.45) is 47.3 Å². The summed E-state index contributed by atoms with van der Waals surface area (Å²) < 4.78 is 0. The van der Waals surface area contributed by atoms with Gasteiger partial charge in [0.1, 0.15) is 0 Å². The first-order valence-electron chi connectivity index (χ1n) is 23.9. The Balaban J connectivity index is 0.975. The largest absolute Gasteiger partial charge is 0.310 e. The van der Waals surface area contributed by atoms with Crippen LogP contribution < -0.4 is 4.90 Å². The fourth-order valence-electron chi connectivity index (χ4n) is 17.9. The van der Waals surface area contributed by atoms with Crippen molar-refractivity contribution in [1.82, 2.24) is 0 Å². The lowest BCUT2D eigenvalue weighted by Gasteiger charge is -2.61. The van der Waals surface area contributed by atoms with E-state index in [0.29, 0.717) is 0 Å². The van der Waals surface area contributed by atoms with Crippen LogP contribution in [-0.2, 0) is 16.2 Å². The van der Waals surface area contributed by atoms with E-state index in [4.69, 9.17) is 0 Å². The number of hydrogen-bond donors (Lipinski definition) is 0. The van der Waals surface area contributed by atoms with Crippen molar-refractivity contribution >= 4 is 17.1 Å². The van der Waals surface area contributed by atoms with Crippen molar-refractivity contribution in [2.45, 2.75) is 94.3 Å². The second-order valence-corrected chi connectivity index (χ2v) is 22.1. The van der Waals surface area contributed by atoms with Crippen LogP contribution in [0.3, 0.4) is 0 Å². The number of fused-ring (bicyclic) bond motifs is 9. The number of anilines is 3. The number of rotatable bonds is 3. The van der Waals surface area contributed by atoms with Crippen LogP contribution in [0.15, 0.2) is 127 Å². The molecule has 0 saturated heterocycles. The summed E-state index contributed by atoms with van der Waals surface area (Å²) in [7, 11) is 0. The molecule has 0 aliphatic heterocycles. The zero-order chi connectivity index (χ0) is 39.3. The van der Waals surface area contributed by atoms with E-state index in [2.05, 4.69) is 146 Å². The van der Waals surface area contributed by atoms with Gasteiger partial charge >= 0.3 is 0 Å². The molecule has 8 saturated carbocycles. The average molecular weight is 778 g/mol. The smallest absolute Gasteiger partial charge is 0.0543 e. The third-order valence-electron chi connectivity index (χ3n) is 19.4. The van der Waals surface area contributed by atoms with Gasteiger partial charge < -0.3 is 4.90 Å². The lowest BCUT2D eigenvalue weighted by Crippen LogP contribution is -2.55. The molecule has 8 bridgehead atoms. The van der Waals surface area contributed by atoms with Crippen LogP contribution in [0.25, 0.3) is 33.4 Å². The Bertz CT molecular complexity index is 2800. The van der Waals surface area contributed by atoms with Gasteiger partial charge in [-0.1, -0.05) is 111 Å². The molecule has 0 radical (unpaired) electrons. The second-order valence-electron chi connectivity index (χ2n) is 22.1. The van der Waals surface area contributed by atoms with E-state index < -0.39 is 0 Å². The maximum absolute atomic E-state index is 2.72. The Morgan fingerprint density at radius 3 is 1.45 bits per heavy atom. The van der Waals surface area contributed by atoms with Gasteiger partial charge in [-0.2, -0.15) is 0 Å². The third-order valence-corrected chi connectivity index (χ3v) is 19.4. The zero-order valence-electron chi connectivity index (χ0n) is 35.3. The van der Waals surface area contributed by atoms with E-state index in [1.807, 2.05) is 0 Å². The lowest BCUT2D eigenvalue weighted by molar-refractivity contribution is -0.0399. The van der Waals surface area contributed by atoms with Crippen molar-refractivity contribution in [1.29, 1.82) is 0 Å². The summed E-state index contributed by atoms with van der Waals surface area (Å²) in [5.41, 5.74) is 22.4. The van der Waals surface area contributed by atoms with Crippen molar-refractivity contribution in [3.63, 3.8) is 0 Å². The Morgan fingerprint density at radius 2 is 0.817 bits per heavy atom. The predicted molar refractivity (Wildman–Crippen MR) is 245 cm³/mol.